The zero-order valence-corrected chi connectivity index (χ0v) is 9.43. The first-order valence-corrected chi connectivity index (χ1v) is 5.61. The van der Waals surface area contributed by atoms with Gasteiger partial charge < -0.3 is 10.2 Å². The van der Waals surface area contributed by atoms with Crippen molar-refractivity contribution in [1.29, 1.82) is 0 Å². The average molecular weight is 239 g/mol. The van der Waals surface area contributed by atoms with Gasteiger partial charge in [0.15, 0.2) is 0 Å². The van der Waals surface area contributed by atoms with Crippen molar-refractivity contribution in [2.24, 2.45) is 0 Å². The van der Waals surface area contributed by atoms with Crippen molar-refractivity contribution in [3.05, 3.63) is 24.2 Å². The molecule has 86 valence electrons. The smallest absolute Gasteiger partial charge is 0.122 e. The van der Waals surface area contributed by atoms with Crippen LogP contribution < -0.4 is 0 Å². The van der Waals surface area contributed by atoms with E-state index in [2.05, 4.69) is 27.8 Å². The monoisotopic (exact) mass is 239 g/mol. The number of aromatic amines is 1. The molecule has 2 atom stereocenters. The number of aromatic nitrogens is 3. The van der Waals surface area contributed by atoms with Gasteiger partial charge in [-0.3, -0.25) is 10.1 Å². The number of aliphatic hydroxyl groups is 2. The Hall–Kier alpha value is -1.11. The van der Waals surface area contributed by atoms with E-state index in [0.717, 1.165) is 10.9 Å². The highest BCUT2D eigenvalue weighted by Gasteiger charge is 2.19. The lowest BCUT2D eigenvalue weighted by atomic mass is 10.1. The SMILES string of the molecule is OC(CCS)C(O)c1cc2cn[nH]c2cn1. The number of nitrogens with zero attached hydrogens (tertiary/aromatic N) is 2. The molecule has 0 spiro atoms. The zero-order chi connectivity index (χ0) is 11.5. The van der Waals surface area contributed by atoms with Crippen molar-refractivity contribution in [2.75, 3.05) is 5.75 Å². The van der Waals surface area contributed by atoms with Gasteiger partial charge in [-0.15, -0.1) is 0 Å². The third-order valence-corrected chi connectivity index (χ3v) is 2.70. The van der Waals surface area contributed by atoms with Crippen molar-refractivity contribution in [1.82, 2.24) is 15.2 Å². The lowest BCUT2D eigenvalue weighted by Gasteiger charge is -2.16. The number of rotatable bonds is 4. The summed E-state index contributed by atoms with van der Waals surface area (Å²) in [7, 11) is 0. The molecule has 0 bridgehead atoms. The van der Waals surface area contributed by atoms with Gasteiger partial charge in [0.2, 0.25) is 0 Å². The fraction of sp³-hybridized carbons (Fsp3) is 0.400. The molecule has 6 heteroatoms. The van der Waals surface area contributed by atoms with Gasteiger partial charge in [0.25, 0.3) is 0 Å². The number of thiol groups is 1. The molecule has 5 nitrogen and oxygen atoms in total. The quantitative estimate of drug-likeness (QED) is 0.591. The average Bonchev–Trinajstić information content (AvgIpc) is 2.75. The molecule has 0 fully saturated rings. The Morgan fingerprint density at radius 2 is 2.19 bits per heavy atom. The summed E-state index contributed by atoms with van der Waals surface area (Å²) in [5.41, 5.74) is 1.25. The summed E-state index contributed by atoms with van der Waals surface area (Å²) >= 11 is 4.01. The van der Waals surface area contributed by atoms with Gasteiger partial charge in [-0.1, -0.05) is 0 Å². The van der Waals surface area contributed by atoms with E-state index < -0.39 is 12.2 Å². The van der Waals surface area contributed by atoms with Crippen LogP contribution in [0.5, 0.6) is 0 Å². The lowest BCUT2D eigenvalue weighted by Crippen LogP contribution is -2.19. The van der Waals surface area contributed by atoms with E-state index in [4.69, 9.17) is 0 Å². The Bertz CT molecular complexity index is 474. The van der Waals surface area contributed by atoms with Crippen molar-refractivity contribution < 1.29 is 10.2 Å². The molecule has 0 saturated heterocycles. The Kier molecular flexibility index (Phi) is 3.42. The predicted octanol–water partition coefficient (Wildman–Crippen LogP) is 0.672. The zero-order valence-electron chi connectivity index (χ0n) is 8.54. The van der Waals surface area contributed by atoms with Crippen LogP contribution >= 0.6 is 12.6 Å². The fourth-order valence-corrected chi connectivity index (χ4v) is 1.77. The molecule has 2 aromatic rings. The minimum atomic E-state index is -0.980. The van der Waals surface area contributed by atoms with Crippen molar-refractivity contribution >= 4 is 23.5 Å². The highest BCUT2D eigenvalue weighted by Crippen LogP contribution is 2.20. The van der Waals surface area contributed by atoms with E-state index in [0.29, 0.717) is 17.9 Å². The second kappa shape index (κ2) is 4.82. The molecule has 2 unspecified atom stereocenters. The predicted molar refractivity (Wildman–Crippen MR) is 63.3 cm³/mol. The highest BCUT2D eigenvalue weighted by atomic mass is 32.1. The first-order valence-electron chi connectivity index (χ1n) is 4.98. The maximum absolute atomic E-state index is 9.84. The molecule has 2 heterocycles. The Morgan fingerprint density at radius 1 is 1.38 bits per heavy atom. The van der Waals surface area contributed by atoms with Crippen LogP contribution in [0, 0.1) is 0 Å². The number of aliphatic hydroxyl groups excluding tert-OH is 2. The summed E-state index contributed by atoms with van der Waals surface area (Å²) in [6, 6.07) is 1.71. The fourth-order valence-electron chi connectivity index (χ4n) is 1.51. The molecule has 0 radical (unpaired) electrons. The normalized spacial score (nSPS) is 15.2. The number of fused-ring (bicyclic) bond motifs is 1. The van der Waals surface area contributed by atoms with E-state index in [9.17, 15) is 10.2 Å². The van der Waals surface area contributed by atoms with Gasteiger partial charge in [-0.25, -0.2) is 0 Å². The first-order chi connectivity index (χ1) is 7.72. The first kappa shape index (κ1) is 11.4. The third kappa shape index (κ3) is 2.18. The minimum Gasteiger partial charge on any atom is -0.390 e. The molecule has 0 aliphatic heterocycles. The molecule has 3 N–H and O–H groups in total. The van der Waals surface area contributed by atoms with Crippen LogP contribution in [0.2, 0.25) is 0 Å². The van der Waals surface area contributed by atoms with Crippen LogP contribution in [0.15, 0.2) is 18.5 Å². The standard InChI is InChI=1S/C10H13N3O2S/c14-9(1-2-16)10(15)7-3-6-4-12-13-8(6)5-11-7/h3-5,9-10,14-16H,1-2H2,(H,12,13). The summed E-state index contributed by atoms with van der Waals surface area (Å²) in [6.07, 6.45) is 1.85. The van der Waals surface area contributed by atoms with Gasteiger partial charge >= 0.3 is 0 Å². The van der Waals surface area contributed by atoms with Gasteiger partial charge in [0.05, 0.1) is 29.7 Å². The Labute approximate surface area is 97.9 Å². The second-order valence-corrected chi connectivity index (χ2v) is 4.04. The molecule has 0 aliphatic carbocycles. The van der Waals surface area contributed by atoms with Crippen LogP contribution in [0.4, 0.5) is 0 Å². The van der Waals surface area contributed by atoms with Crippen LogP contribution in [0.25, 0.3) is 10.9 Å². The molecule has 0 saturated carbocycles. The van der Waals surface area contributed by atoms with Gasteiger partial charge in [0.1, 0.15) is 6.10 Å². The summed E-state index contributed by atoms with van der Waals surface area (Å²) in [4.78, 5) is 4.08. The number of H-pyrrole nitrogens is 1. The van der Waals surface area contributed by atoms with Crippen LogP contribution in [0.3, 0.4) is 0 Å². The number of hydrogen-bond acceptors (Lipinski definition) is 5. The van der Waals surface area contributed by atoms with Crippen molar-refractivity contribution in [2.45, 2.75) is 18.6 Å². The molecular weight excluding hydrogens is 226 g/mol. The molecule has 16 heavy (non-hydrogen) atoms. The number of nitrogens with one attached hydrogen (secondary N) is 1. The minimum absolute atomic E-state index is 0.426. The van der Waals surface area contributed by atoms with Gasteiger partial charge in [-0.05, 0) is 18.2 Å². The van der Waals surface area contributed by atoms with E-state index in [1.54, 1.807) is 18.5 Å². The lowest BCUT2D eigenvalue weighted by molar-refractivity contribution is 0.0148. The van der Waals surface area contributed by atoms with E-state index in [1.807, 2.05) is 0 Å². The summed E-state index contributed by atoms with van der Waals surface area (Å²) in [6.45, 7) is 0. The molecular formula is C10H13N3O2S. The molecule has 0 aromatic carbocycles. The Morgan fingerprint density at radius 3 is 2.94 bits per heavy atom. The Balaban J connectivity index is 2.24. The maximum atomic E-state index is 9.84. The van der Waals surface area contributed by atoms with Crippen molar-refractivity contribution in [3.63, 3.8) is 0 Å². The van der Waals surface area contributed by atoms with Crippen LogP contribution in [0.1, 0.15) is 18.2 Å². The molecule has 2 rings (SSSR count). The maximum Gasteiger partial charge on any atom is 0.122 e. The number of pyridine rings is 1. The second-order valence-electron chi connectivity index (χ2n) is 3.59. The van der Waals surface area contributed by atoms with E-state index >= 15 is 0 Å². The van der Waals surface area contributed by atoms with Gasteiger partial charge in [-0.2, -0.15) is 17.7 Å². The highest BCUT2D eigenvalue weighted by molar-refractivity contribution is 7.80. The van der Waals surface area contributed by atoms with Crippen LogP contribution in [-0.2, 0) is 0 Å². The van der Waals surface area contributed by atoms with Gasteiger partial charge in [0, 0.05) is 5.39 Å². The number of hydrogen-bond donors (Lipinski definition) is 4. The van der Waals surface area contributed by atoms with E-state index in [-0.39, 0.29) is 0 Å². The summed E-state index contributed by atoms with van der Waals surface area (Å²) in [5.74, 6) is 0.520. The summed E-state index contributed by atoms with van der Waals surface area (Å²) in [5, 5.41) is 27.0. The largest absolute Gasteiger partial charge is 0.390 e. The van der Waals surface area contributed by atoms with E-state index in [1.165, 1.54) is 0 Å². The molecule has 2 aromatic heterocycles. The van der Waals surface area contributed by atoms with Crippen molar-refractivity contribution in [3.8, 4) is 0 Å². The molecule has 0 amide bonds. The summed E-state index contributed by atoms with van der Waals surface area (Å²) < 4.78 is 0. The molecule has 0 aliphatic rings. The van der Waals surface area contributed by atoms with Crippen LogP contribution in [-0.4, -0.2) is 37.3 Å². The third-order valence-electron chi connectivity index (χ3n) is 2.44. The topological polar surface area (TPSA) is 82.0 Å².